The van der Waals surface area contributed by atoms with Gasteiger partial charge in [-0.15, -0.1) is 0 Å². The van der Waals surface area contributed by atoms with Gasteiger partial charge in [-0.25, -0.2) is 4.79 Å². The van der Waals surface area contributed by atoms with Crippen LogP contribution in [0.25, 0.3) is 33.6 Å². The zero-order valence-electron chi connectivity index (χ0n) is 17.1. The summed E-state index contributed by atoms with van der Waals surface area (Å²) in [6, 6.07) is 25.2. The molecule has 1 heterocycles. The van der Waals surface area contributed by atoms with Crippen molar-refractivity contribution in [2.24, 2.45) is 0 Å². The molecule has 0 radical (unpaired) electrons. The molecule has 4 aromatic rings. The van der Waals surface area contributed by atoms with Crippen molar-refractivity contribution in [3.8, 4) is 45.1 Å². The molecule has 0 bridgehead atoms. The van der Waals surface area contributed by atoms with Crippen LogP contribution in [0.15, 0.2) is 88.1 Å². The fraction of sp³-hybridized carbons (Fsp3) is 0.115. The van der Waals surface area contributed by atoms with Crippen molar-refractivity contribution in [3.63, 3.8) is 0 Å². The first kappa shape index (κ1) is 19.5. The molecule has 4 nitrogen and oxygen atoms in total. The number of hydrogen-bond donors (Lipinski definition) is 0. The van der Waals surface area contributed by atoms with Gasteiger partial charge in [0.05, 0.1) is 14.2 Å². The Balaban J connectivity index is 2.06. The quantitative estimate of drug-likeness (QED) is 0.416. The Kier molecular flexibility index (Phi) is 5.40. The van der Waals surface area contributed by atoms with Gasteiger partial charge in [-0.05, 0) is 54.4 Å². The van der Waals surface area contributed by atoms with Gasteiger partial charge in [0.25, 0.3) is 0 Å². The van der Waals surface area contributed by atoms with Gasteiger partial charge in [-0.1, -0.05) is 42.5 Å². The molecular weight excluding hydrogens is 376 g/mol. The van der Waals surface area contributed by atoms with Crippen molar-refractivity contribution in [2.75, 3.05) is 14.2 Å². The van der Waals surface area contributed by atoms with Crippen LogP contribution in [-0.4, -0.2) is 14.2 Å². The van der Waals surface area contributed by atoms with Gasteiger partial charge in [-0.3, -0.25) is 0 Å². The molecule has 0 spiro atoms. The molecule has 0 aliphatic rings. The normalized spacial score (nSPS) is 10.6. The van der Waals surface area contributed by atoms with E-state index < -0.39 is 0 Å². The lowest BCUT2D eigenvalue weighted by molar-refractivity contribution is 0.414. The van der Waals surface area contributed by atoms with E-state index >= 15 is 0 Å². The summed E-state index contributed by atoms with van der Waals surface area (Å²) in [6.45, 7) is 1.80. The van der Waals surface area contributed by atoms with Gasteiger partial charge in [0.15, 0.2) is 0 Å². The van der Waals surface area contributed by atoms with Crippen LogP contribution in [0.2, 0.25) is 0 Å². The molecule has 0 atom stereocenters. The lowest BCUT2D eigenvalue weighted by Crippen LogP contribution is -2.08. The Labute approximate surface area is 175 Å². The van der Waals surface area contributed by atoms with Crippen LogP contribution in [0, 0.1) is 6.92 Å². The van der Waals surface area contributed by atoms with Crippen molar-refractivity contribution in [1.82, 2.24) is 0 Å². The monoisotopic (exact) mass is 398 g/mol. The van der Waals surface area contributed by atoms with Gasteiger partial charge < -0.3 is 13.9 Å². The highest BCUT2D eigenvalue weighted by Gasteiger charge is 2.21. The van der Waals surface area contributed by atoms with Gasteiger partial charge in [0.2, 0.25) is 0 Å². The second kappa shape index (κ2) is 8.29. The Morgan fingerprint density at radius 2 is 1.13 bits per heavy atom. The summed E-state index contributed by atoms with van der Waals surface area (Å²) in [5, 5.41) is 0. The van der Waals surface area contributed by atoms with E-state index in [1.807, 2.05) is 78.9 Å². The summed E-state index contributed by atoms with van der Waals surface area (Å²) in [7, 11) is 3.26. The smallest absolute Gasteiger partial charge is 0.339 e. The van der Waals surface area contributed by atoms with E-state index in [-0.39, 0.29) is 5.63 Å². The first-order valence-electron chi connectivity index (χ1n) is 9.64. The fourth-order valence-electron chi connectivity index (χ4n) is 3.57. The lowest BCUT2D eigenvalue weighted by Gasteiger charge is -2.17. The van der Waals surface area contributed by atoms with Crippen molar-refractivity contribution in [3.05, 3.63) is 94.8 Å². The van der Waals surface area contributed by atoms with E-state index in [9.17, 15) is 4.79 Å². The topological polar surface area (TPSA) is 48.7 Å². The second-order valence-electron chi connectivity index (χ2n) is 6.92. The average molecular weight is 398 g/mol. The summed E-state index contributed by atoms with van der Waals surface area (Å²) >= 11 is 0. The maximum Gasteiger partial charge on any atom is 0.339 e. The summed E-state index contributed by atoms with van der Waals surface area (Å²) in [5.74, 6) is 2.03. The number of methoxy groups -OCH3 is 2. The van der Waals surface area contributed by atoms with Crippen LogP contribution in [0.5, 0.6) is 11.5 Å². The molecule has 1 aromatic heterocycles. The number of ether oxygens (including phenoxy) is 2. The molecule has 3 aromatic carbocycles. The highest BCUT2D eigenvalue weighted by Crippen LogP contribution is 2.41. The summed E-state index contributed by atoms with van der Waals surface area (Å²) in [4.78, 5) is 12.8. The molecule has 0 saturated carbocycles. The van der Waals surface area contributed by atoms with Crippen molar-refractivity contribution in [1.29, 1.82) is 0 Å². The number of benzene rings is 3. The van der Waals surface area contributed by atoms with E-state index in [1.54, 1.807) is 21.1 Å². The minimum absolute atomic E-state index is 0.350. The second-order valence-corrected chi connectivity index (χ2v) is 6.92. The lowest BCUT2D eigenvalue weighted by atomic mass is 9.89. The molecular formula is C26H22O4. The van der Waals surface area contributed by atoms with E-state index in [4.69, 9.17) is 13.9 Å². The highest BCUT2D eigenvalue weighted by molar-refractivity contribution is 5.93. The fourth-order valence-corrected chi connectivity index (χ4v) is 3.57. The first-order valence-corrected chi connectivity index (χ1v) is 9.64. The molecule has 30 heavy (non-hydrogen) atoms. The SMILES string of the molecule is COc1ccc(-c2oc(=O)c(C)c(-c3ccccc3)c2-c2ccc(OC)cc2)cc1. The van der Waals surface area contributed by atoms with Gasteiger partial charge in [-0.2, -0.15) is 0 Å². The van der Waals surface area contributed by atoms with Crippen LogP contribution >= 0.6 is 0 Å². The maximum atomic E-state index is 12.8. The Morgan fingerprint density at radius 3 is 1.67 bits per heavy atom. The molecule has 0 fully saturated rings. The highest BCUT2D eigenvalue weighted by atomic mass is 16.5. The predicted molar refractivity (Wildman–Crippen MR) is 119 cm³/mol. The largest absolute Gasteiger partial charge is 0.497 e. The molecule has 150 valence electrons. The molecule has 0 unspecified atom stereocenters. The molecule has 0 saturated heterocycles. The van der Waals surface area contributed by atoms with E-state index in [1.165, 1.54) is 0 Å². The zero-order chi connectivity index (χ0) is 21.1. The average Bonchev–Trinajstić information content (AvgIpc) is 2.81. The first-order chi connectivity index (χ1) is 14.6. The Hall–Kier alpha value is -3.79. The van der Waals surface area contributed by atoms with Crippen LogP contribution in [0.3, 0.4) is 0 Å². The van der Waals surface area contributed by atoms with Crippen LogP contribution in [0.1, 0.15) is 5.56 Å². The number of hydrogen-bond acceptors (Lipinski definition) is 4. The third kappa shape index (κ3) is 3.60. The van der Waals surface area contributed by atoms with Crippen LogP contribution < -0.4 is 15.1 Å². The van der Waals surface area contributed by atoms with E-state index in [0.717, 1.165) is 39.3 Å². The molecule has 0 amide bonds. The molecule has 0 aliphatic carbocycles. The Morgan fingerprint density at radius 1 is 0.633 bits per heavy atom. The number of rotatable bonds is 5. The predicted octanol–water partition coefficient (Wildman–Crippen LogP) is 5.97. The standard InChI is InChI=1S/C26H22O4/c1-17-23(18-7-5-4-6-8-18)24(19-9-13-21(28-2)14-10-19)25(30-26(17)27)20-11-15-22(29-3)16-12-20/h4-16H,1-3H3. The van der Waals surface area contributed by atoms with E-state index in [0.29, 0.717) is 11.3 Å². The molecule has 0 aliphatic heterocycles. The van der Waals surface area contributed by atoms with Crippen molar-refractivity contribution in [2.45, 2.75) is 6.92 Å². The Bertz CT molecular complexity index is 1210. The van der Waals surface area contributed by atoms with Crippen molar-refractivity contribution >= 4 is 0 Å². The van der Waals surface area contributed by atoms with Gasteiger partial charge in [0, 0.05) is 22.3 Å². The maximum absolute atomic E-state index is 12.8. The van der Waals surface area contributed by atoms with Crippen LogP contribution in [-0.2, 0) is 0 Å². The minimum Gasteiger partial charge on any atom is -0.497 e. The summed E-state index contributed by atoms with van der Waals surface area (Å²) in [6.07, 6.45) is 0. The molecule has 0 N–H and O–H groups in total. The van der Waals surface area contributed by atoms with E-state index in [2.05, 4.69) is 0 Å². The summed E-state index contributed by atoms with van der Waals surface area (Å²) in [5.41, 5.74) is 4.65. The molecule has 4 heteroatoms. The van der Waals surface area contributed by atoms with Crippen molar-refractivity contribution < 1.29 is 13.9 Å². The third-order valence-electron chi connectivity index (χ3n) is 5.15. The van der Waals surface area contributed by atoms with Gasteiger partial charge in [0.1, 0.15) is 17.3 Å². The third-order valence-corrected chi connectivity index (χ3v) is 5.15. The van der Waals surface area contributed by atoms with Crippen LogP contribution in [0.4, 0.5) is 0 Å². The zero-order valence-corrected chi connectivity index (χ0v) is 17.1. The minimum atomic E-state index is -0.350. The molecule has 4 rings (SSSR count). The van der Waals surface area contributed by atoms with Gasteiger partial charge >= 0.3 is 5.63 Å². The summed E-state index contributed by atoms with van der Waals surface area (Å²) < 4.78 is 16.4.